The molecule has 100 valence electrons. The van der Waals surface area contributed by atoms with Crippen LogP contribution in [0.1, 0.15) is 22.9 Å². The highest BCUT2D eigenvalue weighted by Gasteiger charge is 2.16. The van der Waals surface area contributed by atoms with Crippen LogP contribution in [0.3, 0.4) is 0 Å². The fourth-order valence-corrected chi connectivity index (χ4v) is 2.15. The second kappa shape index (κ2) is 5.85. The molecule has 2 rings (SSSR count). The number of aryl methyl sites for hydroxylation is 2. The molecule has 0 aliphatic carbocycles. The van der Waals surface area contributed by atoms with Gasteiger partial charge in [0.05, 0.1) is 6.04 Å². The molecule has 0 bridgehead atoms. The van der Waals surface area contributed by atoms with E-state index in [1.54, 1.807) is 0 Å². The summed E-state index contributed by atoms with van der Waals surface area (Å²) in [5.41, 5.74) is 10.5. The molecule has 0 aliphatic heterocycles. The van der Waals surface area contributed by atoms with Crippen molar-refractivity contribution >= 4 is 5.69 Å². The predicted molar refractivity (Wildman–Crippen MR) is 80.4 cm³/mol. The molecule has 0 amide bonds. The smallest absolute Gasteiger partial charge is 0.0676 e. The molecule has 2 N–H and O–H groups in total. The van der Waals surface area contributed by atoms with Crippen LogP contribution in [0.25, 0.3) is 0 Å². The Balaban J connectivity index is 2.26. The number of likely N-dealkylation sites (N-methyl/N-ethyl adjacent to an activating group) is 1. The fourth-order valence-electron chi connectivity index (χ4n) is 2.15. The molecule has 1 heterocycles. The topological polar surface area (TPSA) is 42.1 Å². The maximum absolute atomic E-state index is 5.94. The predicted octanol–water partition coefficient (Wildman–Crippen LogP) is 2.83. The van der Waals surface area contributed by atoms with Crippen LogP contribution in [-0.4, -0.2) is 18.6 Å². The summed E-state index contributed by atoms with van der Waals surface area (Å²) in [6.07, 6.45) is 1.91. The fraction of sp³-hybridized carbons (Fsp3) is 0.312. The van der Waals surface area contributed by atoms with Gasteiger partial charge in [0, 0.05) is 31.2 Å². The van der Waals surface area contributed by atoms with E-state index >= 15 is 0 Å². The summed E-state index contributed by atoms with van der Waals surface area (Å²) in [7, 11) is 2.07. The summed E-state index contributed by atoms with van der Waals surface area (Å²) in [4.78, 5) is 6.56. The van der Waals surface area contributed by atoms with Gasteiger partial charge in [-0.3, -0.25) is 4.98 Å². The van der Waals surface area contributed by atoms with Gasteiger partial charge in [0.2, 0.25) is 0 Å². The summed E-state index contributed by atoms with van der Waals surface area (Å²) in [6.45, 7) is 4.65. The van der Waals surface area contributed by atoms with Crippen LogP contribution >= 0.6 is 0 Å². The Morgan fingerprint density at radius 1 is 1.11 bits per heavy atom. The van der Waals surface area contributed by atoms with E-state index in [2.05, 4.69) is 54.2 Å². The molecule has 0 radical (unpaired) electrons. The normalized spacial score (nSPS) is 12.2. The van der Waals surface area contributed by atoms with E-state index in [4.69, 9.17) is 5.73 Å². The maximum Gasteiger partial charge on any atom is 0.0676 e. The van der Waals surface area contributed by atoms with Crippen molar-refractivity contribution < 1.29 is 0 Å². The summed E-state index contributed by atoms with van der Waals surface area (Å²) < 4.78 is 0. The highest BCUT2D eigenvalue weighted by Crippen LogP contribution is 2.24. The molecule has 3 heteroatoms. The minimum Gasteiger partial charge on any atom is -0.366 e. The van der Waals surface area contributed by atoms with Crippen LogP contribution in [0.5, 0.6) is 0 Å². The molecule has 1 unspecified atom stereocenters. The van der Waals surface area contributed by atoms with Gasteiger partial charge in [-0.2, -0.15) is 0 Å². The Kier molecular flexibility index (Phi) is 4.17. The van der Waals surface area contributed by atoms with E-state index in [0.29, 0.717) is 6.54 Å². The van der Waals surface area contributed by atoms with Crippen molar-refractivity contribution in [1.29, 1.82) is 0 Å². The van der Waals surface area contributed by atoms with E-state index in [0.717, 1.165) is 11.3 Å². The molecule has 0 saturated carbocycles. The van der Waals surface area contributed by atoms with Crippen molar-refractivity contribution in [1.82, 2.24) is 4.98 Å². The molecule has 1 aromatic heterocycles. The number of nitrogens with zero attached hydrogens (tertiary/aromatic N) is 2. The first kappa shape index (κ1) is 13.6. The first-order valence-corrected chi connectivity index (χ1v) is 6.54. The lowest BCUT2D eigenvalue weighted by Crippen LogP contribution is -2.30. The first-order valence-electron chi connectivity index (χ1n) is 6.54. The molecule has 0 fully saturated rings. The lowest BCUT2D eigenvalue weighted by molar-refractivity contribution is 0.677. The zero-order valence-electron chi connectivity index (χ0n) is 11.8. The number of anilines is 1. The number of pyridine rings is 1. The van der Waals surface area contributed by atoms with Gasteiger partial charge in [-0.05, 0) is 37.6 Å². The van der Waals surface area contributed by atoms with Crippen LogP contribution in [0, 0.1) is 13.8 Å². The van der Waals surface area contributed by atoms with Crippen molar-refractivity contribution in [2.45, 2.75) is 19.9 Å². The lowest BCUT2D eigenvalue weighted by atomic mass is 10.1. The van der Waals surface area contributed by atoms with Gasteiger partial charge >= 0.3 is 0 Å². The Morgan fingerprint density at radius 2 is 1.79 bits per heavy atom. The minimum atomic E-state index is 0.149. The molecule has 3 nitrogen and oxygen atoms in total. The SMILES string of the molecule is Cc1ccc(N(C)C(CN)c2ccc(C)nc2)cc1. The van der Waals surface area contributed by atoms with E-state index in [1.165, 1.54) is 11.3 Å². The quantitative estimate of drug-likeness (QED) is 0.913. The molecule has 0 aliphatic rings. The largest absolute Gasteiger partial charge is 0.366 e. The van der Waals surface area contributed by atoms with Gasteiger partial charge in [0.1, 0.15) is 0 Å². The molecule has 0 saturated heterocycles. The third-order valence-electron chi connectivity index (χ3n) is 3.45. The van der Waals surface area contributed by atoms with Crippen LogP contribution in [-0.2, 0) is 0 Å². The standard InChI is InChI=1S/C16H21N3/c1-12-4-8-15(9-5-12)19(3)16(10-17)14-7-6-13(2)18-11-14/h4-9,11,16H,10,17H2,1-3H3. The van der Waals surface area contributed by atoms with Gasteiger partial charge in [0.25, 0.3) is 0 Å². The molecule has 0 spiro atoms. The Morgan fingerprint density at radius 3 is 2.32 bits per heavy atom. The number of hydrogen-bond acceptors (Lipinski definition) is 3. The van der Waals surface area contributed by atoms with Crippen LogP contribution in [0.15, 0.2) is 42.6 Å². The third kappa shape index (κ3) is 3.12. The van der Waals surface area contributed by atoms with Gasteiger partial charge in [-0.15, -0.1) is 0 Å². The first-order chi connectivity index (χ1) is 9.11. The molecule has 2 aromatic rings. The summed E-state index contributed by atoms with van der Waals surface area (Å²) in [5.74, 6) is 0. The summed E-state index contributed by atoms with van der Waals surface area (Å²) in [5, 5.41) is 0. The number of nitrogens with two attached hydrogens (primary N) is 1. The van der Waals surface area contributed by atoms with Crippen molar-refractivity contribution in [2.75, 3.05) is 18.5 Å². The zero-order valence-corrected chi connectivity index (χ0v) is 11.8. The highest BCUT2D eigenvalue weighted by molar-refractivity contribution is 5.49. The van der Waals surface area contributed by atoms with Gasteiger partial charge < -0.3 is 10.6 Å². The summed E-state index contributed by atoms with van der Waals surface area (Å²) >= 11 is 0. The number of hydrogen-bond donors (Lipinski definition) is 1. The van der Waals surface area contributed by atoms with E-state index in [1.807, 2.05) is 19.2 Å². The number of aromatic nitrogens is 1. The second-order valence-electron chi connectivity index (χ2n) is 4.93. The van der Waals surface area contributed by atoms with Gasteiger partial charge in [-0.25, -0.2) is 0 Å². The number of benzene rings is 1. The van der Waals surface area contributed by atoms with Crippen LogP contribution in [0.2, 0.25) is 0 Å². The Hall–Kier alpha value is -1.87. The van der Waals surface area contributed by atoms with E-state index in [-0.39, 0.29) is 6.04 Å². The second-order valence-corrected chi connectivity index (χ2v) is 4.93. The Bertz CT molecular complexity index is 517. The van der Waals surface area contributed by atoms with Crippen LogP contribution in [0.4, 0.5) is 5.69 Å². The maximum atomic E-state index is 5.94. The lowest BCUT2D eigenvalue weighted by Gasteiger charge is -2.29. The van der Waals surface area contributed by atoms with E-state index < -0.39 is 0 Å². The van der Waals surface area contributed by atoms with Gasteiger partial charge in [0.15, 0.2) is 0 Å². The van der Waals surface area contributed by atoms with Crippen molar-refractivity contribution in [3.8, 4) is 0 Å². The molecule has 1 aromatic carbocycles. The average Bonchev–Trinajstić information content (AvgIpc) is 2.42. The average molecular weight is 255 g/mol. The molecular weight excluding hydrogens is 234 g/mol. The number of rotatable bonds is 4. The molecular formula is C16H21N3. The highest BCUT2D eigenvalue weighted by atomic mass is 15.1. The van der Waals surface area contributed by atoms with Crippen LogP contribution < -0.4 is 10.6 Å². The minimum absolute atomic E-state index is 0.149. The van der Waals surface area contributed by atoms with Crippen molar-refractivity contribution in [3.05, 3.63) is 59.4 Å². The van der Waals surface area contributed by atoms with E-state index in [9.17, 15) is 0 Å². The molecule has 1 atom stereocenters. The molecule has 19 heavy (non-hydrogen) atoms. The van der Waals surface area contributed by atoms with Crippen molar-refractivity contribution in [3.63, 3.8) is 0 Å². The third-order valence-corrected chi connectivity index (χ3v) is 3.45. The van der Waals surface area contributed by atoms with Crippen molar-refractivity contribution in [2.24, 2.45) is 5.73 Å². The van der Waals surface area contributed by atoms with Gasteiger partial charge in [-0.1, -0.05) is 23.8 Å². The zero-order chi connectivity index (χ0) is 13.8. The Labute approximate surface area is 115 Å². The summed E-state index contributed by atoms with van der Waals surface area (Å²) in [6, 6.07) is 12.8. The monoisotopic (exact) mass is 255 g/mol.